The Morgan fingerprint density at radius 3 is 2.53 bits per heavy atom. The molecule has 2 N–H and O–H groups in total. The molecule has 0 bridgehead atoms. The summed E-state index contributed by atoms with van der Waals surface area (Å²) in [6, 6.07) is 11.5. The topological polar surface area (TPSA) is 26.0 Å². The lowest BCUT2D eigenvalue weighted by atomic mass is 9.74. The lowest BCUT2D eigenvalue weighted by Gasteiger charge is -2.35. The van der Waals surface area contributed by atoms with Gasteiger partial charge >= 0.3 is 0 Å². The first kappa shape index (κ1) is 12.3. The van der Waals surface area contributed by atoms with Crippen molar-refractivity contribution in [2.75, 3.05) is 0 Å². The molecular weight excluding hydrogens is 244 g/mol. The van der Waals surface area contributed by atoms with Crippen molar-refractivity contribution < 1.29 is 8.78 Å². The largest absolute Gasteiger partial charge is 0.321 e. The van der Waals surface area contributed by atoms with E-state index in [0.29, 0.717) is 12.8 Å². The fraction of sp³-hybridized carbons (Fsp3) is 0.250. The van der Waals surface area contributed by atoms with E-state index >= 15 is 0 Å². The average Bonchev–Trinajstić information content (AvgIpc) is 2.41. The molecule has 3 rings (SSSR count). The third kappa shape index (κ3) is 2.15. The summed E-state index contributed by atoms with van der Waals surface area (Å²) >= 11 is 0. The Labute approximate surface area is 111 Å². The molecule has 2 aromatic carbocycles. The molecule has 0 saturated heterocycles. The monoisotopic (exact) mass is 259 g/mol. The molecule has 1 atom stereocenters. The predicted molar refractivity (Wildman–Crippen MR) is 70.7 cm³/mol. The number of halogens is 2. The van der Waals surface area contributed by atoms with Crippen molar-refractivity contribution in [2.45, 2.75) is 24.8 Å². The van der Waals surface area contributed by atoms with Crippen molar-refractivity contribution in [3.63, 3.8) is 0 Å². The van der Waals surface area contributed by atoms with Gasteiger partial charge in [-0.1, -0.05) is 24.3 Å². The first-order valence-electron chi connectivity index (χ1n) is 6.40. The summed E-state index contributed by atoms with van der Waals surface area (Å²) in [6.45, 7) is 0. The van der Waals surface area contributed by atoms with Crippen molar-refractivity contribution in [1.29, 1.82) is 0 Å². The van der Waals surface area contributed by atoms with Crippen molar-refractivity contribution in [3.05, 3.63) is 70.8 Å². The van der Waals surface area contributed by atoms with Crippen LogP contribution in [0.5, 0.6) is 0 Å². The normalized spacial score (nSPS) is 22.1. The summed E-state index contributed by atoms with van der Waals surface area (Å²) in [7, 11) is 0. The van der Waals surface area contributed by atoms with Crippen LogP contribution in [0.2, 0.25) is 0 Å². The Hall–Kier alpha value is -1.74. The van der Waals surface area contributed by atoms with Crippen molar-refractivity contribution in [2.24, 2.45) is 5.73 Å². The van der Waals surface area contributed by atoms with Crippen LogP contribution in [0.3, 0.4) is 0 Å². The lowest BCUT2D eigenvalue weighted by Crippen LogP contribution is -2.43. The highest BCUT2D eigenvalue weighted by Crippen LogP contribution is 2.35. The van der Waals surface area contributed by atoms with E-state index in [-0.39, 0.29) is 5.56 Å². The molecule has 2 aromatic rings. The Kier molecular flexibility index (Phi) is 2.86. The van der Waals surface area contributed by atoms with Gasteiger partial charge in [0.1, 0.15) is 11.6 Å². The minimum absolute atomic E-state index is 0.280. The van der Waals surface area contributed by atoms with E-state index in [1.165, 1.54) is 11.6 Å². The van der Waals surface area contributed by atoms with Crippen LogP contribution in [0.1, 0.15) is 23.1 Å². The predicted octanol–water partition coefficient (Wildman–Crippen LogP) is 3.31. The van der Waals surface area contributed by atoms with E-state index in [9.17, 15) is 8.78 Å². The average molecular weight is 259 g/mol. The van der Waals surface area contributed by atoms with Gasteiger partial charge in [0.2, 0.25) is 0 Å². The molecule has 0 heterocycles. The third-order valence-corrected chi connectivity index (χ3v) is 3.93. The molecule has 0 aliphatic heterocycles. The molecule has 19 heavy (non-hydrogen) atoms. The fourth-order valence-electron chi connectivity index (χ4n) is 2.87. The zero-order valence-corrected chi connectivity index (χ0v) is 10.5. The van der Waals surface area contributed by atoms with Crippen LogP contribution >= 0.6 is 0 Å². The van der Waals surface area contributed by atoms with Gasteiger partial charge in [0.05, 0.1) is 0 Å². The summed E-state index contributed by atoms with van der Waals surface area (Å²) in [5, 5.41) is 0. The Morgan fingerprint density at radius 1 is 1.00 bits per heavy atom. The molecule has 1 unspecified atom stereocenters. The van der Waals surface area contributed by atoms with E-state index in [4.69, 9.17) is 5.73 Å². The molecule has 0 amide bonds. The second kappa shape index (κ2) is 4.42. The number of aryl methyl sites for hydroxylation is 1. The van der Waals surface area contributed by atoms with Crippen LogP contribution in [-0.4, -0.2) is 0 Å². The summed E-state index contributed by atoms with van der Waals surface area (Å²) < 4.78 is 27.3. The highest BCUT2D eigenvalue weighted by Gasteiger charge is 2.34. The fourth-order valence-corrected chi connectivity index (χ4v) is 2.87. The molecule has 98 valence electrons. The molecule has 1 aliphatic rings. The molecule has 1 aliphatic carbocycles. The van der Waals surface area contributed by atoms with Crippen LogP contribution in [0.4, 0.5) is 8.78 Å². The standard InChI is InChI=1S/C16H15F2N/c17-13-5-6-15(18)14(9-13)16(19)8-7-11-3-1-2-4-12(11)10-16/h1-6,9H,7-8,10,19H2. The summed E-state index contributed by atoms with van der Waals surface area (Å²) in [5.41, 5.74) is 8.19. The van der Waals surface area contributed by atoms with E-state index in [2.05, 4.69) is 6.07 Å². The second-order valence-corrected chi connectivity index (χ2v) is 5.23. The summed E-state index contributed by atoms with van der Waals surface area (Å²) in [6.07, 6.45) is 1.97. The molecule has 0 radical (unpaired) electrons. The maximum Gasteiger partial charge on any atom is 0.128 e. The maximum absolute atomic E-state index is 13.9. The number of benzene rings is 2. The Bertz CT molecular complexity index is 624. The van der Waals surface area contributed by atoms with E-state index in [1.807, 2.05) is 18.2 Å². The molecular formula is C16H15F2N. The Morgan fingerprint density at radius 2 is 1.74 bits per heavy atom. The number of hydrogen-bond donors (Lipinski definition) is 1. The van der Waals surface area contributed by atoms with Gasteiger partial charge < -0.3 is 5.73 Å². The molecule has 0 aromatic heterocycles. The number of nitrogens with two attached hydrogens (primary N) is 1. The molecule has 0 spiro atoms. The van der Waals surface area contributed by atoms with Gasteiger partial charge in [0, 0.05) is 11.1 Å². The van der Waals surface area contributed by atoms with Crippen LogP contribution in [0.25, 0.3) is 0 Å². The summed E-state index contributed by atoms with van der Waals surface area (Å²) in [5.74, 6) is -0.872. The summed E-state index contributed by atoms with van der Waals surface area (Å²) in [4.78, 5) is 0. The highest BCUT2D eigenvalue weighted by atomic mass is 19.1. The van der Waals surface area contributed by atoms with Crippen LogP contribution < -0.4 is 5.73 Å². The third-order valence-electron chi connectivity index (χ3n) is 3.93. The van der Waals surface area contributed by atoms with E-state index in [0.717, 1.165) is 24.1 Å². The van der Waals surface area contributed by atoms with Gasteiger partial charge in [-0.3, -0.25) is 0 Å². The van der Waals surface area contributed by atoms with Gasteiger partial charge in [-0.2, -0.15) is 0 Å². The first-order valence-corrected chi connectivity index (χ1v) is 6.40. The van der Waals surface area contributed by atoms with E-state index in [1.54, 1.807) is 0 Å². The van der Waals surface area contributed by atoms with Crippen molar-refractivity contribution in [1.82, 2.24) is 0 Å². The van der Waals surface area contributed by atoms with Crippen molar-refractivity contribution >= 4 is 0 Å². The second-order valence-electron chi connectivity index (χ2n) is 5.23. The van der Waals surface area contributed by atoms with Gasteiger partial charge in [0.25, 0.3) is 0 Å². The molecule has 0 fully saturated rings. The van der Waals surface area contributed by atoms with Gasteiger partial charge in [-0.15, -0.1) is 0 Å². The van der Waals surface area contributed by atoms with Crippen LogP contribution in [0.15, 0.2) is 42.5 Å². The van der Waals surface area contributed by atoms with Crippen LogP contribution in [-0.2, 0) is 18.4 Å². The minimum atomic E-state index is -0.819. The maximum atomic E-state index is 13.9. The quantitative estimate of drug-likeness (QED) is 0.835. The zero-order valence-electron chi connectivity index (χ0n) is 10.5. The molecule has 1 nitrogen and oxygen atoms in total. The highest BCUT2D eigenvalue weighted by molar-refractivity contribution is 5.37. The smallest absolute Gasteiger partial charge is 0.128 e. The molecule has 3 heteroatoms. The van der Waals surface area contributed by atoms with Gasteiger partial charge in [-0.25, -0.2) is 8.78 Å². The number of hydrogen-bond acceptors (Lipinski definition) is 1. The van der Waals surface area contributed by atoms with Gasteiger partial charge in [0.15, 0.2) is 0 Å². The SMILES string of the molecule is NC1(c2cc(F)ccc2F)CCc2ccccc2C1. The lowest BCUT2D eigenvalue weighted by molar-refractivity contribution is 0.366. The zero-order chi connectivity index (χ0) is 13.5. The van der Waals surface area contributed by atoms with Crippen molar-refractivity contribution in [3.8, 4) is 0 Å². The minimum Gasteiger partial charge on any atom is -0.321 e. The molecule has 0 saturated carbocycles. The Balaban J connectivity index is 2.04. The van der Waals surface area contributed by atoms with E-state index < -0.39 is 17.2 Å². The van der Waals surface area contributed by atoms with Crippen LogP contribution in [0, 0.1) is 11.6 Å². The van der Waals surface area contributed by atoms with Gasteiger partial charge in [-0.05, 0) is 48.6 Å². The number of rotatable bonds is 1. The number of fused-ring (bicyclic) bond motifs is 1. The first-order chi connectivity index (χ1) is 9.08.